The maximum absolute atomic E-state index is 14.0. The highest BCUT2D eigenvalue weighted by molar-refractivity contribution is 5.85. The lowest BCUT2D eigenvalue weighted by Crippen LogP contribution is -2.55. The van der Waals surface area contributed by atoms with Crippen LogP contribution in [-0.4, -0.2) is 96.2 Å². The van der Waals surface area contributed by atoms with Crippen molar-refractivity contribution in [2.24, 2.45) is 23.7 Å². The molecule has 3 amide bonds. The Morgan fingerprint density at radius 2 is 1.68 bits per heavy atom. The minimum atomic E-state index is -1.11. The Morgan fingerprint density at radius 3 is 2.23 bits per heavy atom. The number of carboxylic acid groups (broad SMARTS) is 1. The molecule has 2 fully saturated rings. The van der Waals surface area contributed by atoms with Crippen LogP contribution < -0.4 is 5.32 Å². The molecule has 44 heavy (non-hydrogen) atoms. The van der Waals surface area contributed by atoms with Crippen LogP contribution in [0.2, 0.25) is 0 Å². The number of nitrogens with one attached hydrogen (secondary N) is 1. The standard InChI is InChI=1S/C34H53N3O7/c1-9-21(4)31(36(6)29(38)15-20(2)3)28(43-7)19-30(39)37-26-17-24(26)18-27(37)32(44-8)22(5)33(40)35-25(34(41)42)16-23-13-11-10-12-14-23/h10-14,20-22,24-28,31-32H,9,15-19H2,1-8H3,(H,35,40)(H,41,42)/t21?,22?,24?,25?,26?,27-,28?,31-,32?/m0/s1. The van der Waals surface area contributed by atoms with E-state index in [1.165, 1.54) is 7.11 Å². The molecule has 0 bridgehead atoms. The number of hydrogen-bond donors (Lipinski definition) is 2. The van der Waals surface area contributed by atoms with Crippen LogP contribution in [-0.2, 0) is 35.1 Å². The molecule has 246 valence electrons. The first-order valence-corrected chi connectivity index (χ1v) is 16.0. The van der Waals surface area contributed by atoms with E-state index >= 15 is 0 Å². The van der Waals surface area contributed by atoms with Crippen molar-refractivity contribution in [2.75, 3.05) is 21.3 Å². The molecule has 3 rings (SSSR count). The Bertz CT molecular complexity index is 1130. The molecule has 1 aromatic rings. The highest BCUT2D eigenvalue weighted by Gasteiger charge is 2.57. The van der Waals surface area contributed by atoms with Gasteiger partial charge in [0.25, 0.3) is 0 Å². The van der Waals surface area contributed by atoms with Gasteiger partial charge in [-0.1, -0.05) is 71.4 Å². The van der Waals surface area contributed by atoms with Crippen LogP contribution in [0.1, 0.15) is 72.3 Å². The number of carbonyl (C=O) groups excluding carboxylic acids is 3. The van der Waals surface area contributed by atoms with Crippen LogP contribution in [0.25, 0.3) is 0 Å². The molecule has 1 aliphatic carbocycles. The van der Waals surface area contributed by atoms with Crippen molar-refractivity contribution in [2.45, 2.75) is 110 Å². The maximum atomic E-state index is 14.0. The quantitative estimate of drug-likeness (QED) is 0.273. The number of likely N-dealkylation sites (tertiary alicyclic amines) is 1. The number of nitrogens with zero attached hydrogens (tertiary/aromatic N) is 2. The van der Waals surface area contributed by atoms with Crippen molar-refractivity contribution in [1.82, 2.24) is 15.1 Å². The second-order valence-corrected chi connectivity index (χ2v) is 13.2. The molecule has 1 heterocycles. The van der Waals surface area contributed by atoms with Crippen molar-refractivity contribution >= 4 is 23.7 Å². The molecule has 2 N–H and O–H groups in total. The summed E-state index contributed by atoms with van der Waals surface area (Å²) in [6.45, 7) is 9.91. The largest absolute Gasteiger partial charge is 0.480 e. The first kappa shape index (κ1) is 35.5. The number of piperidine rings is 1. The number of rotatable bonds is 17. The number of fused-ring (bicyclic) bond motifs is 1. The Morgan fingerprint density at radius 1 is 1.02 bits per heavy atom. The number of benzene rings is 1. The van der Waals surface area contributed by atoms with Crippen LogP contribution in [0.15, 0.2) is 30.3 Å². The Kier molecular flexibility index (Phi) is 12.8. The van der Waals surface area contributed by atoms with Gasteiger partial charge in [-0.05, 0) is 36.2 Å². The van der Waals surface area contributed by atoms with E-state index in [2.05, 4.69) is 19.2 Å². The fraction of sp³-hybridized carbons (Fsp3) is 0.706. The van der Waals surface area contributed by atoms with Crippen molar-refractivity contribution < 1.29 is 33.8 Å². The zero-order valence-corrected chi connectivity index (χ0v) is 27.7. The number of hydrogen-bond acceptors (Lipinski definition) is 6. The van der Waals surface area contributed by atoms with E-state index in [4.69, 9.17) is 9.47 Å². The molecular formula is C34H53N3O7. The van der Waals surface area contributed by atoms with Crippen LogP contribution >= 0.6 is 0 Å². The summed E-state index contributed by atoms with van der Waals surface area (Å²) in [7, 11) is 4.93. The zero-order chi connectivity index (χ0) is 32.7. The summed E-state index contributed by atoms with van der Waals surface area (Å²) >= 11 is 0. The predicted molar refractivity (Wildman–Crippen MR) is 168 cm³/mol. The number of carboxylic acids is 1. The van der Waals surface area contributed by atoms with E-state index in [0.29, 0.717) is 12.3 Å². The summed E-state index contributed by atoms with van der Waals surface area (Å²) in [5.74, 6) is -1.59. The van der Waals surface area contributed by atoms with Crippen molar-refractivity contribution in [1.29, 1.82) is 0 Å². The van der Waals surface area contributed by atoms with Gasteiger partial charge in [0.1, 0.15) is 6.04 Å². The SMILES string of the molecule is CCC(C)[C@@H](C(CC(=O)N1C2CC2C[C@H]1C(OC)C(C)C(=O)NC(Cc1ccccc1)C(=O)O)OC)N(C)C(=O)CC(C)C. The molecule has 10 heteroatoms. The van der Waals surface area contributed by atoms with Gasteiger partial charge in [-0.3, -0.25) is 14.4 Å². The Balaban J connectivity index is 1.75. The maximum Gasteiger partial charge on any atom is 0.326 e. The number of ether oxygens (including phenoxy) is 2. The minimum absolute atomic E-state index is 0.0346. The molecule has 0 spiro atoms. The molecule has 1 aliphatic heterocycles. The van der Waals surface area contributed by atoms with Gasteiger partial charge in [-0.2, -0.15) is 0 Å². The Labute approximate surface area is 262 Å². The van der Waals surface area contributed by atoms with Crippen LogP contribution in [0.4, 0.5) is 0 Å². The fourth-order valence-corrected chi connectivity index (χ4v) is 6.87. The lowest BCUT2D eigenvalue weighted by atomic mass is 9.89. The van der Waals surface area contributed by atoms with E-state index in [9.17, 15) is 24.3 Å². The smallest absolute Gasteiger partial charge is 0.326 e. The van der Waals surface area contributed by atoms with Gasteiger partial charge in [0, 0.05) is 40.2 Å². The van der Waals surface area contributed by atoms with Gasteiger partial charge < -0.3 is 29.7 Å². The summed E-state index contributed by atoms with van der Waals surface area (Å²) in [6, 6.07) is 7.58. The monoisotopic (exact) mass is 615 g/mol. The third kappa shape index (κ3) is 8.59. The molecular weight excluding hydrogens is 562 g/mol. The molecule has 1 aromatic carbocycles. The van der Waals surface area contributed by atoms with E-state index < -0.39 is 36.0 Å². The van der Waals surface area contributed by atoms with Crippen LogP contribution in [0, 0.1) is 23.7 Å². The van der Waals surface area contributed by atoms with Gasteiger partial charge in [0.15, 0.2) is 0 Å². The molecule has 0 aromatic heterocycles. The second kappa shape index (κ2) is 15.8. The minimum Gasteiger partial charge on any atom is -0.480 e. The number of amides is 3. The summed E-state index contributed by atoms with van der Waals surface area (Å²) in [6.07, 6.45) is 2.06. The van der Waals surface area contributed by atoms with Crippen molar-refractivity contribution in [3.05, 3.63) is 35.9 Å². The lowest BCUT2D eigenvalue weighted by molar-refractivity contribution is -0.148. The molecule has 9 atom stereocenters. The van der Waals surface area contributed by atoms with Gasteiger partial charge in [0.05, 0.1) is 36.6 Å². The van der Waals surface area contributed by atoms with Crippen molar-refractivity contribution in [3.8, 4) is 0 Å². The number of carbonyl (C=O) groups is 4. The van der Waals surface area contributed by atoms with E-state index in [-0.39, 0.29) is 54.6 Å². The van der Waals surface area contributed by atoms with E-state index in [1.54, 1.807) is 26.0 Å². The van der Waals surface area contributed by atoms with Crippen LogP contribution in [0.5, 0.6) is 0 Å². The number of likely N-dealkylation sites (N-methyl/N-ethyl adjacent to an activating group) is 1. The normalized spacial score (nSPS) is 23.2. The lowest BCUT2D eigenvalue weighted by Gasteiger charge is -2.40. The summed E-state index contributed by atoms with van der Waals surface area (Å²) in [5.41, 5.74) is 0.809. The van der Waals surface area contributed by atoms with E-state index in [1.807, 2.05) is 49.1 Å². The van der Waals surface area contributed by atoms with Gasteiger partial charge in [-0.15, -0.1) is 0 Å². The molecule has 7 unspecified atom stereocenters. The molecule has 1 saturated heterocycles. The summed E-state index contributed by atoms with van der Waals surface area (Å²) in [4.78, 5) is 56.2. The third-order valence-electron chi connectivity index (χ3n) is 9.60. The first-order chi connectivity index (χ1) is 20.8. The zero-order valence-electron chi connectivity index (χ0n) is 27.7. The average Bonchev–Trinajstić information content (AvgIpc) is 3.65. The average molecular weight is 616 g/mol. The van der Waals surface area contributed by atoms with Crippen molar-refractivity contribution in [3.63, 3.8) is 0 Å². The second-order valence-electron chi connectivity index (χ2n) is 13.2. The summed E-state index contributed by atoms with van der Waals surface area (Å²) < 4.78 is 11.8. The topological polar surface area (TPSA) is 125 Å². The van der Waals surface area contributed by atoms with Gasteiger partial charge >= 0.3 is 5.97 Å². The Hall–Kier alpha value is -2.98. The summed E-state index contributed by atoms with van der Waals surface area (Å²) in [5, 5.41) is 12.5. The van der Waals surface area contributed by atoms with Gasteiger partial charge in [0.2, 0.25) is 17.7 Å². The fourth-order valence-electron chi connectivity index (χ4n) is 6.87. The highest BCUT2D eigenvalue weighted by Crippen LogP contribution is 2.50. The number of methoxy groups -OCH3 is 2. The molecule has 2 aliphatic rings. The molecule has 1 saturated carbocycles. The van der Waals surface area contributed by atoms with E-state index in [0.717, 1.165) is 24.8 Å². The van der Waals surface area contributed by atoms with Gasteiger partial charge in [-0.25, -0.2) is 4.79 Å². The van der Waals surface area contributed by atoms with Crippen LogP contribution in [0.3, 0.4) is 0 Å². The molecule has 10 nitrogen and oxygen atoms in total. The number of aliphatic carboxylic acids is 1. The first-order valence-electron chi connectivity index (χ1n) is 16.0. The molecule has 0 radical (unpaired) electrons. The highest BCUT2D eigenvalue weighted by atomic mass is 16.5. The predicted octanol–water partition coefficient (Wildman–Crippen LogP) is 3.76. The third-order valence-corrected chi connectivity index (χ3v) is 9.60.